The Morgan fingerprint density at radius 2 is 1.90 bits per heavy atom. The Balaban J connectivity index is 2.03. The molecule has 1 heterocycles. The van der Waals surface area contributed by atoms with Crippen LogP contribution >= 0.6 is 11.3 Å². The number of alkyl halides is 3. The number of hydrogen-bond acceptors (Lipinski definition) is 4. The molecule has 9 heteroatoms. The average Bonchev–Trinajstić information content (AvgIpc) is 3.17. The fourth-order valence-electron chi connectivity index (χ4n) is 3.13. The van der Waals surface area contributed by atoms with Crippen LogP contribution in [-0.4, -0.2) is 15.0 Å². The second-order valence-electron chi connectivity index (χ2n) is 7.42. The van der Waals surface area contributed by atoms with Crippen LogP contribution < -0.4 is 10.5 Å². The first kappa shape index (κ1) is 24.8. The summed E-state index contributed by atoms with van der Waals surface area (Å²) in [6.07, 6.45) is -0.143. The van der Waals surface area contributed by atoms with E-state index in [1.54, 1.807) is 12.1 Å². The zero-order chi connectivity index (χ0) is 22.4. The molecule has 0 saturated carbocycles. The SMILES string of the molecule is CCCCC(CC)CNS(=O)(=O)c1ccc(CC(N)c2cccc(C(F)(F)F)c2)s1. The number of nitrogens with two attached hydrogens (primary N) is 1. The van der Waals surface area contributed by atoms with Gasteiger partial charge in [-0.1, -0.05) is 45.2 Å². The number of halogens is 3. The van der Waals surface area contributed by atoms with Crippen LogP contribution in [0.1, 0.15) is 61.6 Å². The Hall–Kier alpha value is -1.42. The van der Waals surface area contributed by atoms with Gasteiger partial charge in [0.1, 0.15) is 4.21 Å². The van der Waals surface area contributed by atoms with Crippen molar-refractivity contribution in [3.8, 4) is 0 Å². The van der Waals surface area contributed by atoms with Gasteiger partial charge in [-0.2, -0.15) is 13.2 Å². The Kier molecular flexibility index (Phi) is 8.90. The van der Waals surface area contributed by atoms with E-state index in [1.165, 1.54) is 12.1 Å². The number of benzene rings is 1. The quantitative estimate of drug-likeness (QED) is 0.463. The van der Waals surface area contributed by atoms with Crippen LogP contribution in [-0.2, 0) is 22.6 Å². The van der Waals surface area contributed by atoms with Crippen molar-refractivity contribution in [3.05, 3.63) is 52.4 Å². The summed E-state index contributed by atoms with van der Waals surface area (Å²) in [5.41, 5.74) is 5.71. The minimum absolute atomic E-state index is 0.194. The second kappa shape index (κ2) is 10.7. The van der Waals surface area contributed by atoms with Gasteiger partial charge in [-0.25, -0.2) is 13.1 Å². The molecule has 0 fully saturated rings. The first-order valence-electron chi connectivity index (χ1n) is 10.1. The zero-order valence-corrected chi connectivity index (χ0v) is 18.8. The molecule has 0 amide bonds. The van der Waals surface area contributed by atoms with E-state index in [0.717, 1.165) is 49.2 Å². The van der Waals surface area contributed by atoms with Crippen molar-refractivity contribution >= 4 is 21.4 Å². The van der Waals surface area contributed by atoms with Crippen molar-refractivity contribution in [1.82, 2.24) is 4.72 Å². The first-order valence-corrected chi connectivity index (χ1v) is 12.4. The van der Waals surface area contributed by atoms with Gasteiger partial charge in [0.2, 0.25) is 10.0 Å². The molecular formula is C21H29F3N2O2S2. The molecule has 2 rings (SSSR count). The summed E-state index contributed by atoms with van der Waals surface area (Å²) < 4.78 is 66.8. The summed E-state index contributed by atoms with van der Waals surface area (Å²) in [7, 11) is -3.62. The van der Waals surface area contributed by atoms with E-state index in [0.29, 0.717) is 22.9 Å². The van der Waals surface area contributed by atoms with Crippen LogP contribution in [0.3, 0.4) is 0 Å². The molecule has 0 saturated heterocycles. The Morgan fingerprint density at radius 1 is 1.17 bits per heavy atom. The van der Waals surface area contributed by atoms with Crippen molar-refractivity contribution in [2.45, 2.75) is 62.4 Å². The van der Waals surface area contributed by atoms with E-state index in [1.807, 2.05) is 6.92 Å². The van der Waals surface area contributed by atoms with Crippen molar-refractivity contribution in [2.24, 2.45) is 11.7 Å². The van der Waals surface area contributed by atoms with E-state index >= 15 is 0 Å². The minimum Gasteiger partial charge on any atom is -0.324 e. The minimum atomic E-state index is -4.43. The number of thiophene rings is 1. The Labute approximate surface area is 180 Å². The van der Waals surface area contributed by atoms with Crippen LogP contribution in [0.25, 0.3) is 0 Å². The van der Waals surface area contributed by atoms with E-state index in [2.05, 4.69) is 11.6 Å². The molecule has 2 aromatic rings. The molecule has 168 valence electrons. The van der Waals surface area contributed by atoms with Gasteiger partial charge in [0, 0.05) is 23.9 Å². The molecule has 0 spiro atoms. The molecule has 2 unspecified atom stereocenters. The van der Waals surface area contributed by atoms with Crippen molar-refractivity contribution in [1.29, 1.82) is 0 Å². The van der Waals surface area contributed by atoms with Gasteiger partial charge in [-0.05, 0) is 42.2 Å². The molecule has 0 aliphatic carbocycles. The maximum Gasteiger partial charge on any atom is 0.416 e. The van der Waals surface area contributed by atoms with Gasteiger partial charge in [0.05, 0.1) is 5.56 Å². The zero-order valence-electron chi connectivity index (χ0n) is 17.2. The highest BCUT2D eigenvalue weighted by Gasteiger charge is 2.30. The van der Waals surface area contributed by atoms with Gasteiger partial charge >= 0.3 is 6.18 Å². The summed E-state index contributed by atoms with van der Waals surface area (Å²) in [6.45, 7) is 4.55. The molecule has 0 aliphatic heterocycles. The van der Waals surface area contributed by atoms with Crippen LogP contribution in [0.2, 0.25) is 0 Å². The maximum absolute atomic E-state index is 12.9. The van der Waals surface area contributed by atoms with E-state index in [-0.39, 0.29) is 10.6 Å². The summed E-state index contributed by atoms with van der Waals surface area (Å²) in [5.74, 6) is 0.300. The molecule has 0 radical (unpaired) electrons. The third kappa shape index (κ3) is 7.08. The molecule has 0 aliphatic rings. The van der Waals surface area contributed by atoms with Gasteiger partial charge < -0.3 is 5.73 Å². The van der Waals surface area contributed by atoms with Crippen molar-refractivity contribution in [2.75, 3.05) is 6.54 Å². The molecule has 1 aromatic carbocycles. The number of hydrogen-bond donors (Lipinski definition) is 2. The third-order valence-corrected chi connectivity index (χ3v) is 8.09. The normalized spacial score (nSPS) is 14.6. The average molecular weight is 463 g/mol. The van der Waals surface area contributed by atoms with Crippen LogP contribution in [0.5, 0.6) is 0 Å². The van der Waals surface area contributed by atoms with Gasteiger partial charge in [0.15, 0.2) is 0 Å². The Bertz CT molecular complexity index is 911. The summed E-state index contributed by atoms with van der Waals surface area (Å²) in [5, 5.41) is 0. The Morgan fingerprint density at radius 3 is 2.53 bits per heavy atom. The number of nitrogens with one attached hydrogen (secondary N) is 1. The largest absolute Gasteiger partial charge is 0.416 e. The highest BCUT2D eigenvalue weighted by atomic mass is 32.2. The fourth-order valence-corrected chi connectivity index (χ4v) is 5.71. The molecule has 30 heavy (non-hydrogen) atoms. The summed E-state index contributed by atoms with van der Waals surface area (Å²) >= 11 is 1.10. The monoisotopic (exact) mass is 462 g/mol. The summed E-state index contributed by atoms with van der Waals surface area (Å²) in [4.78, 5) is 0.707. The lowest BCUT2D eigenvalue weighted by Gasteiger charge is -2.15. The lowest BCUT2D eigenvalue weighted by molar-refractivity contribution is -0.137. The van der Waals surface area contributed by atoms with Gasteiger partial charge in [-0.3, -0.25) is 0 Å². The maximum atomic E-state index is 12.9. The second-order valence-corrected chi connectivity index (χ2v) is 10.6. The number of sulfonamides is 1. The molecule has 4 nitrogen and oxygen atoms in total. The summed E-state index contributed by atoms with van der Waals surface area (Å²) in [6, 6.07) is 7.45. The van der Waals surface area contributed by atoms with E-state index < -0.39 is 27.8 Å². The third-order valence-electron chi connectivity index (χ3n) is 5.07. The molecule has 3 N–H and O–H groups in total. The fraction of sp³-hybridized carbons (Fsp3) is 0.524. The van der Waals surface area contributed by atoms with Crippen LogP contribution in [0, 0.1) is 5.92 Å². The molecule has 1 aromatic heterocycles. The molecule has 2 atom stereocenters. The first-order chi connectivity index (χ1) is 14.1. The van der Waals surface area contributed by atoms with Gasteiger partial charge in [-0.15, -0.1) is 11.3 Å². The lowest BCUT2D eigenvalue weighted by Crippen LogP contribution is -2.28. The molecular weight excluding hydrogens is 433 g/mol. The van der Waals surface area contributed by atoms with Crippen molar-refractivity contribution < 1.29 is 21.6 Å². The standard InChI is InChI=1S/C21H29F3N2O2S2/c1-3-5-7-15(4-2)14-26-30(27,28)20-11-10-18(29-20)13-19(25)16-8-6-9-17(12-16)21(22,23)24/h6,8-12,15,19,26H,3-5,7,13-14,25H2,1-2H3. The number of rotatable bonds is 11. The topological polar surface area (TPSA) is 72.2 Å². The van der Waals surface area contributed by atoms with Gasteiger partial charge in [0.25, 0.3) is 0 Å². The molecule has 0 bridgehead atoms. The van der Waals surface area contributed by atoms with Crippen LogP contribution in [0.15, 0.2) is 40.6 Å². The van der Waals surface area contributed by atoms with Crippen molar-refractivity contribution in [3.63, 3.8) is 0 Å². The lowest BCUT2D eigenvalue weighted by atomic mass is 10.00. The predicted molar refractivity (Wildman–Crippen MR) is 115 cm³/mol. The van der Waals surface area contributed by atoms with E-state index in [4.69, 9.17) is 5.73 Å². The highest BCUT2D eigenvalue weighted by molar-refractivity contribution is 7.91. The number of unbranched alkanes of at least 4 members (excludes halogenated alkanes) is 1. The van der Waals surface area contributed by atoms with Crippen LogP contribution in [0.4, 0.5) is 13.2 Å². The smallest absolute Gasteiger partial charge is 0.324 e. The van der Waals surface area contributed by atoms with E-state index in [9.17, 15) is 21.6 Å². The highest BCUT2D eigenvalue weighted by Crippen LogP contribution is 2.32. The predicted octanol–water partition coefficient (Wildman–Crippen LogP) is 5.50.